The number of carbonyl (C=O) groups is 2. The summed E-state index contributed by atoms with van der Waals surface area (Å²) in [6.45, 7) is 7.51. The molecule has 0 fully saturated rings. The lowest BCUT2D eigenvalue weighted by Crippen LogP contribution is -2.51. The van der Waals surface area contributed by atoms with Gasteiger partial charge in [0.15, 0.2) is 0 Å². The normalized spacial score (nSPS) is 11.9. The molecule has 0 heterocycles. The topological polar surface area (TPSA) is 96.0 Å². The Morgan fingerprint density at radius 1 is 0.949 bits per heavy atom. The van der Waals surface area contributed by atoms with Gasteiger partial charge in [-0.2, -0.15) is 0 Å². The summed E-state index contributed by atoms with van der Waals surface area (Å²) in [5.74, 6) is -0.511. The molecule has 3 aromatic rings. The van der Waals surface area contributed by atoms with Crippen LogP contribution in [0.15, 0.2) is 77.7 Å². The molecule has 9 heteroatoms. The van der Waals surface area contributed by atoms with Crippen molar-refractivity contribution in [2.24, 2.45) is 0 Å². The standard InChI is InChI=1S/C30H37N3O5S/c1-6-19-31-30(35)24(4)32(20-25-12-8-7-11-23(25)3)29(34)21-33(27-13-9-10-14-28(27)38-5)39(36,37)26-17-15-22(2)16-18-26/h7-18,24H,6,19-21H2,1-5H3,(H,31,35)/t24-/m0/s1. The average Bonchev–Trinajstić information content (AvgIpc) is 2.93. The largest absolute Gasteiger partial charge is 0.495 e. The number of nitrogens with one attached hydrogen (secondary N) is 1. The molecule has 0 spiro atoms. The van der Waals surface area contributed by atoms with E-state index in [-0.39, 0.29) is 23.0 Å². The molecule has 3 rings (SSSR count). The van der Waals surface area contributed by atoms with Gasteiger partial charge in [0.1, 0.15) is 18.3 Å². The number of methoxy groups -OCH3 is 1. The monoisotopic (exact) mass is 551 g/mol. The van der Waals surface area contributed by atoms with Gasteiger partial charge in [-0.1, -0.05) is 61.0 Å². The van der Waals surface area contributed by atoms with E-state index in [1.54, 1.807) is 43.3 Å². The summed E-state index contributed by atoms with van der Waals surface area (Å²) in [6.07, 6.45) is 0.751. The van der Waals surface area contributed by atoms with Crippen molar-refractivity contribution in [3.63, 3.8) is 0 Å². The van der Waals surface area contributed by atoms with Crippen LogP contribution in [0.4, 0.5) is 5.69 Å². The van der Waals surface area contributed by atoms with Gasteiger partial charge in [-0.3, -0.25) is 13.9 Å². The molecule has 0 aliphatic carbocycles. The first-order valence-corrected chi connectivity index (χ1v) is 14.4. The molecule has 0 saturated heterocycles. The van der Waals surface area contributed by atoms with Crippen molar-refractivity contribution in [3.8, 4) is 5.75 Å². The van der Waals surface area contributed by atoms with Gasteiger partial charge in [0.05, 0.1) is 17.7 Å². The number of sulfonamides is 1. The van der Waals surface area contributed by atoms with Crippen molar-refractivity contribution in [1.29, 1.82) is 0 Å². The van der Waals surface area contributed by atoms with Crippen molar-refractivity contribution < 1.29 is 22.7 Å². The summed E-state index contributed by atoms with van der Waals surface area (Å²) < 4.78 is 34.4. The van der Waals surface area contributed by atoms with Crippen molar-refractivity contribution in [1.82, 2.24) is 10.2 Å². The summed E-state index contributed by atoms with van der Waals surface area (Å²) in [5.41, 5.74) is 2.97. The summed E-state index contributed by atoms with van der Waals surface area (Å²) in [7, 11) is -2.72. The molecule has 0 aromatic heterocycles. The molecule has 2 amide bonds. The van der Waals surface area contributed by atoms with Crippen LogP contribution in [0.3, 0.4) is 0 Å². The summed E-state index contributed by atoms with van der Waals surface area (Å²) in [4.78, 5) is 28.4. The molecule has 1 N–H and O–H groups in total. The number of para-hydroxylation sites is 2. The second-order valence-corrected chi connectivity index (χ2v) is 11.3. The van der Waals surface area contributed by atoms with Crippen LogP contribution in [0, 0.1) is 13.8 Å². The highest BCUT2D eigenvalue weighted by molar-refractivity contribution is 7.92. The van der Waals surface area contributed by atoms with Crippen LogP contribution in [-0.2, 0) is 26.2 Å². The predicted molar refractivity (Wildman–Crippen MR) is 153 cm³/mol. The predicted octanol–water partition coefficient (Wildman–Crippen LogP) is 4.45. The minimum absolute atomic E-state index is 0.0472. The Morgan fingerprint density at radius 3 is 2.23 bits per heavy atom. The summed E-state index contributed by atoms with van der Waals surface area (Å²) in [5, 5.41) is 2.85. The van der Waals surface area contributed by atoms with Gasteiger partial charge in [-0.15, -0.1) is 0 Å². The third-order valence-corrected chi connectivity index (χ3v) is 8.33. The number of anilines is 1. The number of nitrogens with zero attached hydrogens (tertiary/aromatic N) is 2. The Kier molecular flexibility index (Phi) is 10.1. The maximum atomic E-state index is 14.0. The lowest BCUT2D eigenvalue weighted by molar-refractivity contribution is -0.139. The minimum Gasteiger partial charge on any atom is -0.495 e. The molecule has 0 aliphatic rings. The first-order chi connectivity index (χ1) is 18.6. The third-order valence-electron chi connectivity index (χ3n) is 6.56. The van der Waals surface area contributed by atoms with Gasteiger partial charge >= 0.3 is 0 Å². The van der Waals surface area contributed by atoms with Crippen LogP contribution in [0.5, 0.6) is 5.75 Å². The van der Waals surface area contributed by atoms with E-state index in [0.717, 1.165) is 27.4 Å². The van der Waals surface area contributed by atoms with Crippen molar-refractivity contribution >= 4 is 27.5 Å². The zero-order chi connectivity index (χ0) is 28.6. The molecule has 1 atom stereocenters. The number of benzene rings is 3. The smallest absolute Gasteiger partial charge is 0.264 e. The Morgan fingerprint density at radius 2 is 1.59 bits per heavy atom. The molecule has 208 valence electrons. The molecule has 3 aromatic carbocycles. The number of amides is 2. The minimum atomic E-state index is -4.17. The number of hydrogen-bond acceptors (Lipinski definition) is 5. The molecule has 0 radical (unpaired) electrons. The fraction of sp³-hybridized carbons (Fsp3) is 0.333. The van der Waals surface area contributed by atoms with E-state index >= 15 is 0 Å². The SMILES string of the molecule is CCCNC(=O)[C@H](C)N(Cc1ccccc1C)C(=O)CN(c1ccccc1OC)S(=O)(=O)c1ccc(C)cc1. The van der Waals surface area contributed by atoms with Crippen LogP contribution in [0.2, 0.25) is 0 Å². The van der Waals surface area contributed by atoms with E-state index in [9.17, 15) is 18.0 Å². The van der Waals surface area contributed by atoms with E-state index in [1.165, 1.54) is 24.1 Å². The van der Waals surface area contributed by atoms with Gasteiger partial charge in [-0.25, -0.2) is 8.42 Å². The zero-order valence-electron chi connectivity index (χ0n) is 23.2. The van der Waals surface area contributed by atoms with E-state index in [0.29, 0.717) is 12.3 Å². The average molecular weight is 552 g/mol. The molecular formula is C30H37N3O5S. The molecule has 0 unspecified atom stereocenters. The number of aryl methyl sites for hydroxylation is 2. The number of carbonyl (C=O) groups excluding carboxylic acids is 2. The van der Waals surface area contributed by atoms with E-state index in [1.807, 2.05) is 45.0 Å². The van der Waals surface area contributed by atoms with Crippen molar-refractivity contribution in [2.75, 3.05) is 24.5 Å². The van der Waals surface area contributed by atoms with Crippen LogP contribution in [0.1, 0.15) is 37.0 Å². The van der Waals surface area contributed by atoms with Gasteiger partial charge in [0.25, 0.3) is 10.0 Å². The van der Waals surface area contributed by atoms with E-state index in [4.69, 9.17) is 4.74 Å². The lowest BCUT2D eigenvalue weighted by atomic mass is 10.1. The summed E-state index contributed by atoms with van der Waals surface area (Å²) >= 11 is 0. The molecule has 0 saturated carbocycles. The second-order valence-electron chi connectivity index (χ2n) is 9.41. The van der Waals surface area contributed by atoms with E-state index < -0.39 is 28.5 Å². The van der Waals surface area contributed by atoms with Gasteiger partial charge < -0.3 is 15.0 Å². The molecule has 0 bridgehead atoms. The van der Waals surface area contributed by atoms with Gasteiger partial charge in [0, 0.05) is 13.1 Å². The fourth-order valence-electron chi connectivity index (χ4n) is 4.14. The molecular weight excluding hydrogens is 514 g/mol. The highest BCUT2D eigenvalue weighted by atomic mass is 32.2. The van der Waals surface area contributed by atoms with Crippen LogP contribution in [-0.4, -0.2) is 51.4 Å². The Balaban J connectivity index is 2.07. The Labute approximate surface area is 231 Å². The summed E-state index contributed by atoms with van der Waals surface area (Å²) in [6, 6.07) is 19.9. The van der Waals surface area contributed by atoms with Crippen molar-refractivity contribution in [3.05, 3.63) is 89.5 Å². The second kappa shape index (κ2) is 13.3. The molecule has 8 nitrogen and oxygen atoms in total. The van der Waals surface area contributed by atoms with Crippen LogP contribution < -0.4 is 14.4 Å². The van der Waals surface area contributed by atoms with Crippen LogP contribution >= 0.6 is 0 Å². The molecule has 0 aliphatic heterocycles. The molecule has 39 heavy (non-hydrogen) atoms. The highest BCUT2D eigenvalue weighted by Gasteiger charge is 2.33. The number of rotatable bonds is 12. The van der Waals surface area contributed by atoms with Gasteiger partial charge in [0.2, 0.25) is 11.8 Å². The Hall–Kier alpha value is -3.85. The highest BCUT2D eigenvalue weighted by Crippen LogP contribution is 2.32. The number of hydrogen-bond donors (Lipinski definition) is 1. The maximum Gasteiger partial charge on any atom is 0.264 e. The first-order valence-electron chi connectivity index (χ1n) is 12.9. The van der Waals surface area contributed by atoms with Gasteiger partial charge in [-0.05, 0) is 62.6 Å². The third kappa shape index (κ3) is 7.17. The quantitative estimate of drug-likeness (QED) is 0.359. The maximum absolute atomic E-state index is 14.0. The Bertz CT molecular complexity index is 1390. The van der Waals surface area contributed by atoms with Crippen molar-refractivity contribution in [2.45, 2.75) is 51.6 Å². The zero-order valence-corrected chi connectivity index (χ0v) is 24.0. The fourth-order valence-corrected chi connectivity index (χ4v) is 5.56. The van der Waals surface area contributed by atoms with E-state index in [2.05, 4.69) is 5.32 Å². The lowest BCUT2D eigenvalue weighted by Gasteiger charge is -2.32. The number of ether oxygens (including phenoxy) is 1. The van der Waals surface area contributed by atoms with Crippen LogP contribution in [0.25, 0.3) is 0 Å². The first kappa shape index (κ1) is 29.7.